The van der Waals surface area contributed by atoms with Gasteiger partial charge in [-0.2, -0.15) is 0 Å². The molecule has 1 aromatic carbocycles. The van der Waals surface area contributed by atoms with Crippen LogP contribution in [0.1, 0.15) is 46.0 Å². The Balaban J connectivity index is 2.02. The summed E-state index contributed by atoms with van der Waals surface area (Å²) in [5.41, 5.74) is 0.744. The first-order chi connectivity index (χ1) is 13.5. The van der Waals surface area contributed by atoms with E-state index in [2.05, 4.69) is 19.2 Å². The molecule has 0 aliphatic carbocycles. The summed E-state index contributed by atoms with van der Waals surface area (Å²) in [6.07, 6.45) is 4.36. The van der Waals surface area contributed by atoms with Gasteiger partial charge in [-0.1, -0.05) is 26.7 Å². The van der Waals surface area contributed by atoms with E-state index in [9.17, 15) is 9.59 Å². The summed E-state index contributed by atoms with van der Waals surface area (Å²) >= 11 is 0. The number of amides is 3. The maximum Gasteiger partial charge on any atom is 0.317 e. The number of rotatable bonds is 10. The van der Waals surface area contributed by atoms with E-state index in [1.807, 2.05) is 11.0 Å². The topological polar surface area (TPSA) is 71.1 Å². The predicted molar refractivity (Wildman–Crippen MR) is 110 cm³/mol. The van der Waals surface area contributed by atoms with Gasteiger partial charge in [-0.15, -0.1) is 0 Å². The van der Waals surface area contributed by atoms with Crippen LogP contribution in [0, 0.1) is 0 Å². The van der Waals surface area contributed by atoms with Crippen molar-refractivity contribution in [2.45, 2.75) is 52.0 Å². The number of carbonyl (C=O) groups is 2. The standard InChI is InChI=1S/C21H33N3O4/c1-5-7-11-23(12-8-6-2)21(26)22-16-13-20(25)24(15-16)17-9-10-18(27-3)19(14-17)28-4/h9-10,14,16H,5-8,11-13,15H2,1-4H3,(H,22,26)/t16-/m1/s1. The van der Waals surface area contributed by atoms with Crippen LogP contribution in [0.5, 0.6) is 11.5 Å². The number of unbranched alkanes of at least 4 members (excludes halogenated alkanes) is 2. The number of benzene rings is 1. The lowest BCUT2D eigenvalue weighted by Gasteiger charge is -2.25. The number of nitrogens with zero attached hydrogens (tertiary/aromatic N) is 2. The molecule has 3 amide bonds. The van der Waals surface area contributed by atoms with Crippen molar-refractivity contribution < 1.29 is 19.1 Å². The van der Waals surface area contributed by atoms with Crippen LogP contribution < -0.4 is 19.7 Å². The Hall–Kier alpha value is -2.44. The van der Waals surface area contributed by atoms with E-state index in [4.69, 9.17) is 9.47 Å². The van der Waals surface area contributed by atoms with Gasteiger partial charge in [-0.05, 0) is 25.0 Å². The zero-order chi connectivity index (χ0) is 20.5. The minimum Gasteiger partial charge on any atom is -0.493 e. The predicted octanol–water partition coefficient (Wildman–Crippen LogP) is 3.42. The highest BCUT2D eigenvalue weighted by Crippen LogP contribution is 2.33. The van der Waals surface area contributed by atoms with Crippen molar-refractivity contribution in [1.82, 2.24) is 10.2 Å². The molecule has 2 rings (SSSR count). The lowest BCUT2D eigenvalue weighted by atomic mass is 10.2. The molecule has 1 heterocycles. The van der Waals surface area contributed by atoms with Crippen molar-refractivity contribution in [3.05, 3.63) is 18.2 Å². The summed E-state index contributed by atoms with van der Waals surface area (Å²) in [6.45, 7) is 6.19. The molecule has 0 bridgehead atoms. The van der Waals surface area contributed by atoms with Crippen LogP contribution in [-0.4, -0.2) is 56.7 Å². The van der Waals surface area contributed by atoms with Gasteiger partial charge in [-0.3, -0.25) is 4.79 Å². The van der Waals surface area contributed by atoms with Crippen LogP contribution in [0.4, 0.5) is 10.5 Å². The van der Waals surface area contributed by atoms with E-state index in [0.717, 1.165) is 44.5 Å². The van der Waals surface area contributed by atoms with Crippen molar-refractivity contribution in [3.8, 4) is 11.5 Å². The molecular weight excluding hydrogens is 358 g/mol. The molecule has 156 valence electrons. The van der Waals surface area contributed by atoms with Gasteiger partial charge in [0.05, 0.1) is 20.3 Å². The number of hydrogen-bond acceptors (Lipinski definition) is 4. The van der Waals surface area contributed by atoms with E-state index in [1.165, 1.54) is 0 Å². The third-order valence-electron chi connectivity index (χ3n) is 4.98. The van der Waals surface area contributed by atoms with E-state index < -0.39 is 0 Å². The van der Waals surface area contributed by atoms with Crippen molar-refractivity contribution >= 4 is 17.6 Å². The first kappa shape index (κ1) is 21.9. The maximum absolute atomic E-state index is 12.7. The third kappa shape index (κ3) is 5.53. The van der Waals surface area contributed by atoms with Crippen LogP contribution in [-0.2, 0) is 4.79 Å². The van der Waals surface area contributed by atoms with E-state index in [-0.39, 0.29) is 18.0 Å². The van der Waals surface area contributed by atoms with Crippen LogP contribution in [0.2, 0.25) is 0 Å². The van der Waals surface area contributed by atoms with Gasteiger partial charge in [0.15, 0.2) is 11.5 Å². The lowest BCUT2D eigenvalue weighted by molar-refractivity contribution is -0.117. The SMILES string of the molecule is CCCCN(CCCC)C(=O)N[C@@H]1CC(=O)N(c2ccc(OC)c(OC)c2)C1. The molecule has 0 saturated carbocycles. The summed E-state index contributed by atoms with van der Waals surface area (Å²) < 4.78 is 10.6. The van der Waals surface area contributed by atoms with Crippen molar-refractivity contribution in [2.75, 3.05) is 38.8 Å². The van der Waals surface area contributed by atoms with Crippen LogP contribution in [0.25, 0.3) is 0 Å². The number of ether oxygens (including phenoxy) is 2. The first-order valence-electron chi connectivity index (χ1n) is 10.1. The Morgan fingerprint density at radius 2 is 1.79 bits per heavy atom. The molecule has 0 aromatic heterocycles. The number of nitrogens with one attached hydrogen (secondary N) is 1. The average Bonchev–Trinajstić information content (AvgIpc) is 3.07. The van der Waals surface area contributed by atoms with E-state index in [1.54, 1.807) is 31.3 Å². The number of urea groups is 1. The Kier molecular flexibility index (Phi) is 8.42. The van der Waals surface area contributed by atoms with E-state index in [0.29, 0.717) is 24.5 Å². The fourth-order valence-electron chi connectivity index (χ4n) is 3.33. The Morgan fingerprint density at radius 1 is 1.14 bits per heavy atom. The zero-order valence-corrected chi connectivity index (χ0v) is 17.5. The molecule has 0 spiro atoms. The fraction of sp³-hybridized carbons (Fsp3) is 0.619. The number of hydrogen-bond donors (Lipinski definition) is 1. The van der Waals surface area contributed by atoms with Crippen LogP contribution >= 0.6 is 0 Å². The molecule has 0 unspecified atom stereocenters. The Morgan fingerprint density at radius 3 is 2.36 bits per heavy atom. The summed E-state index contributed by atoms with van der Waals surface area (Å²) in [6, 6.07) is 5.13. The molecule has 7 nitrogen and oxygen atoms in total. The van der Waals surface area contributed by atoms with Crippen molar-refractivity contribution in [2.24, 2.45) is 0 Å². The summed E-state index contributed by atoms with van der Waals surface area (Å²) in [4.78, 5) is 28.8. The fourth-order valence-corrected chi connectivity index (χ4v) is 3.33. The minimum atomic E-state index is -0.196. The van der Waals surface area contributed by atoms with E-state index >= 15 is 0 Å². The van der Waals surface area contributed by atoms with Gasteiger partial charge >= 0.3 is 6.03 Å². The number of methoxy groups -OCH3 is 2. The summed E-state index contributed by atoms with van der Waals surface area (Å²) in [5, 5.41) is 3.05. The van der Waals surface area contributed by atoms with Gasteiger partial charge in [0.25, 0.3) is 0 Å². The Labute approximate surface area is 168 Å². The highest BCUT2D eigenvalue weighted by Gasteiger charge is 2.32. The summed E-state index contributed by atoms with van der Waals surface area (Å²) in [5.74, 6) is 1.18. The number of carbonyl (C=O) groups excluding carboxylic acids is 2. The molecular formula is C21H33N3O4. The van der Waals surface area contributed by atoms with Gasteiger partial charge in [-0.25, -0.2) is 4.79 Å². The minimum absolute atomic E-state index is 0.00816. The molecule has 7 heteroatoms. The van der Waals surface area contributed by atoms with Crippen molar-refractivity contribution in [1.29, 1.82) is 0 Å². The van der Waals surface area contributed by atoms with Crippen LogP contribution in [0.15, 0.2) is 18.2 Å². The Bertz CT molecular complexity index is 657. The second-order valence-electron chi connectivity index (χ2n) is 7.09. The monoisotopic (exact) mass is 391 g/mol. The molecule has 1 N–H and O–H groups in total. The van der Waals surface area contributed by atoms with Crippen molar-refractivity contribution in [3.63, 3.8) is 0 Å². The molecule has 1 fully saturated rings. The second-order valence-corrected chi connectivity index (χ2v) is 7.09. The zero-order valence-electron chi connectivity index (χ0n) is 17.5. The van der Waals surface area contributed by atoms with Gasteiger partial charge in [0.2, 0.25) is 5.91 Å². The van der Waals surface area contributed by atoms with Gasteiger partial charge in [0, 0.05) is 37.8 Å². The average molecular weight is 392 g/mol. The molecule has 1 saturated heterocycles. The second kappa shape index (κ2) is 10.8. The lowest BCUT2D eigenvalue weighted by Crippen LogP contribution is -2.46. The molecule has 1 atom stereocenters. The van der Waals surface area contributed by atoms with Gasteiger partial charge in [0.1, 0.15) is 0 Å². The third-order valence-corrected chi connectivity index (χ3v) is 4.98. The molecule has 28 heavy (non-hydrogen) atoms. The number of anilines is 1. The molecule has 0 radical (unpaired) electrons. The highest BCUT2D eigenvalue weighted by atomic mass is 16.5. The molecule has 1 aromatic rings. The molecule has 1 aliphatic heterocycles. The normalized spacial score (nSPS) is 16.2. The van der Waals surface area contributed by atoms with Crippen LogP contribution in [0.3, 0.4) is 0 Å². The quantitative estimate of drug-likeness (QED) is 0.663. The largest absolute Gasteiger partial charge is 0.493 e. The maximum atomic E-state index is 12.7. The first-order valence-corrected chi connectivity index (χ1v) is 10.1. The molecule has 1 aliphatic rings. The van der Waals surface area contributed by atoms with Gasteiger partial charge < -0.3 is 24.6 Å². The smallest absolute Gasteiger partial charge is 0.317 e. The highest BCUT2D eigenvalue weighted by molar-refractivity contribution is 5.97. The summed E-state index contributed by atoms with van der Waals surface area (Å²) in [7, 11) is 3.14.